The molecule has 2 heterocycles. The molecule has 0 unspecified atom stereocenters. The van der Waals surface area contributed by atoms with Gasteiger partial charge in [-0.3, -0.25) is 9.78 Å². The molecule has 138 valence electrons. The highest BCUT2D eigenvalue weighted by atomic mass is 16.3. The number of fused-ring (bicyclic) bond motifs is 1. The Hall–Kier alpha value is -4.00. The van der Waals surface area contributed by atoms with E-state index in [1.165, 1.54) is 6.21 Å². The number of para-hydroxylation sites is 2. The quantitative estimate of drug-likeness (QED) is 0.417. The molecule has 0 saturated carbocycles. The lowest BCUT2D eigenvalue weighted by molar-refractivity contribution is -0.121. The van der Waals surface area contributed by atoms with Gasteiger partial charge in [-0.25, -0.2) is 10.4 Å². The van der Waals surface area contributed by atoms with Crippen molar-refractivity contribution in [3.05, 3.63) is 78.5 Å². The topological polar surface area (TPSA) is 92.4 Å². The standard InChI is InChI=1S/C21H17N5O2/c27-16-10-8-15(9-11-16)13-23-25-20(28)14-26-19-7-2-1-5-17(19)24-21(26)18-6-3-4-12-22-18/h1-13,27H,14H2,(H,25,28)/b23-13+. The van der Waals surface area contributed by atoms with Gasteiger partial charge in [0.2, 0.25) is 0 Å². The van der Waals surface area contributed by atoms with E-state index in [1.807, 2.05) is 47.0 Å². The molecular formula is C21H17N5O2. The minimum atomic E-state index is -0.282. The fourth-order valence-corrected chi connectivity index (χ4v) is 2.84. The summed E-state index contributed by atoms with van der Waals surface area (Å²) in [5, 5.41) is 13.3. The lowest BCUT2D eigenvalue weighted by Gasteiger charge is -2.07. The summed E-state index contributed by atoms with van der Waals surface area (Å²) >= 11 is 0. The van der Waals surface area contributed by atoms with E-state index in [9.17, 15) is 9.90 Å². The maximum atomic E-state index is 12.4. The average molecular weight is 371 g/mol. The van der Waals surface area contributed by atoms with Gasteiger partial charge in [0, 0.05) is 6.20 Å². The predicted octanol–water partition coefficient (Wildman–Crippen LogP) is 2.95. The normalized spacial score (nSPS) is 11.1. The molecular weight excluding hydrogens is 354 g/mol. The van der Waals surface area contributed by atoms with Gasteiger partial charge < -0.3 is 9.67 Å². The summed E-state index contributed by atoms with van der Waals surface area (Å²) in [5.41, 5.74) is 5.63. The van der Waals surface area contributed by atoms with Gasteiger partial charge in [-0.15, -0.1) is 0 Å². The number of nitrogens with one attached hydrogen (secondary N) is 1. The molecule has 4 aromatic rings. The third kappa shape index (κ3) is 3.73. The first-order valence-electron chi connectivity index (χ1n) is 8.68. The SMILES string of the molecule is O=C(Cn1c(-c2ccccn2)nc2ccccc21)N/N=C/c1ccc(O)cc1. The van der Waals surface area contributed by atoms with Crippen LogP contribution in [0.5, 0.6) is 5.75 Å². The van der Waals surface area contributed by atoms with Gasteiger partial charge in [-0.05, 0) is 54.1 Å². The number of carbonyl (C=O) groups is 1. The highest BCUT2D eigenvalue weighted by Gasteiger charge is 2.15. The molecule has 0 fully saturated rings. The fraction of sp³-hybridized carbons (Fsp3) is 0.0476. The van der Waals surface area contributed by atoms with E-state index in [2.05, 4.69) is 20.5 Å². The van der Waals surface area contributed by atoms with Crippen LogP contribution < -0.4 is 5.43 Å². The largest absolute Gasteiger partial charge is 0.508 e. The van der Waals surface area contributed by atoms with Crippen LogP contribution in [0.3, 0.4) is 0 Å². The third-order valence-electron chi connectivity index (χ3n) is 4.15. The Labute approximate surface area is 161 Å². The number of imidazole rings is 1. The first-order chi connectivity index (χ1) is 13.7. The van der Waals surface area contributed by atoms with Crippen molar-refractivity contribution in [2.24, 2.45) is 5.10 Å². The highest BCUT2D eigenvalue weighted by Crippen LogP contribution is 2.23. The first-order valence-corrected chi connectivity index (χ1v) is 8.68. The van der Waals surface area contributed by atoms with Crippen molar-refractivity contribution in [1.82, 2.24) is 20.0 Å². The number of aromatic hydroxyl groups is 1. The summed E-state index contributed by atoms with van der Waals surface area (Å²) in [7, 11) is 0. The molecule has 7 heteroatoms. The van der Waals surface area contributed by atoms with E-state index >= 15 is 0 Å². The zero-order chi connectivity index (χ0) is 19.3. The van der Waals surface area contributed by atoms with Gasteiger partial charge in [0.05, 0.1) is 17.2 Å². The van der Waals surface area contributed by atoms with Crippen LogP contribution in [0, 0.1) is 0 Å². The second kappa shape index (κ2) is 7.71. The summed E-state index contributed by atoms with van der Waals surface area (Å²) in [6.45, 7) is 0.0549. The minimum absolute atomic E-state index is 0.0549. The zero-order valence-electron chi connectivity index (χ0n) is 14.9. The Kier molecular flexibility index (Phi) is 4.79. The predicted molar refractivity (Wildman–Crippen MR) is 107 cm³/mol. The molecule has 1 amide bonds. The monoisotopic (exact) mass is 371 g/mol. The lowest BCUT2D eigenvalue weighted by atomic mass is 10.2. The third-order valence-corrected chi connectivity index (χ3v) is 4.15. The Bertz CT molecular complexity index is 1130. The number of hydrazone groups is 1. The van der Waals surface area contributed by atoms with Crippen LogP contribution in [-0.2, 0) is 11.3 Å². The molecule has 4 rings (SSSR count). The number of carbonyl (C=O) groups excluding carboxylic acids is 1. The number of benzene rings is 2. The molecule has 0 bridgehead atoms. The van der Waals surface area contributed by atoms with E-state index in [0.29, 0.717) is 11.5 Å². The van der Waals surface area contributed by atoms with Crippen molar-refractivity contribution in [1.29, 1.82) is 0 Å². The summed E-state index contributed by atoms with van der Waals surface area (Å²) in [6.07, 6.45) is 3.21. The van der Waals surface area contributed by atoms with Gasteiger partial charge in [0.25, 0.3) is 5.91 Å². The van der Waals surface area contributed by atoms with Gasteiger partial charge in [-0.1, -0.05) is 18.2 Å². The van der Waals surface area contributed by atoms with Crippen molar-refractivity contribution in [2.75, 3.05) is 0 Å². The molecule has 0 aliphatic rings. The van der Waals surface area contributed by atoms with Gasteiger partial charge in [0.1, 0.15) is 18.0 Å². The number of phenols is 1. The van der Waals surface area contributed by atoms with Crippen LogP contribution in [0.15, 0.2) is 78.0 Å². The molecule has 0 spiro atoms. The minimum Gasteiger partial charge on any atom is -0.508 e. The van der Waals surface area contributed by atoms with Crippen molar-refractivity contribution in [3.8, 4) is 17.3 Å². The van der Waals surface area contributed by atoms with Crippen molar-refractivity contribution >= 4 is 23.2 Å². The number of phenolic OH excluding ortho intramolecular Hbond substituents is 1. The van der Waals surface area contributed by atoms with E-state index in [4.69, 9.17) is 0 Å². The molecule has 0 atom stereocenters. The van der Waals surface area contributed by atoms with E-state index in [0.717, 1.165) is 16.6 Å². The van der Waals surface area contributed by atoms with Crippen LogP contribution in [0.25, 0.3) is 22.6 Å². The van der Waals surface area contributed by atoms with Crippen LogP contribution in [0.4, 0.5) is 0 Å². The number of amides is 1. The van der Waals surface area contributed by atoms with Crippen molar-refractivity contribution < 1.29 is 9.90 Å². The average Bonchev–Trinajstić information content (AvgIpc) is 3.09. The Morgan fingerprint density at radius 3 is 2.64 bits per heavy atom. The highest BCUT2D eigenvalue weighted by molar-refractivity contribution is 5.85. The van der Waals surface area contributed by atoms with Crippen LogP contribution in [-0.4, -0.2) is 31.8 Å². The van der Waals surface area contributed by atoms with Gasteiger partial charge in [-0.2, -0.15) is 5.10 Å². The number of aromatic nitrogens is 3. The number of hydrogen-bond acceptors (Lipinski definition) is 5. The zero-order valence-corrected chi connectivity index (χ0v) is 14.9. The second-order valence-corrected chi connectivity index (χ2v) is 6.11. The molecule has 0 radical (unpaired) electrons. The lowest BCUT2D eigenvalue weighted by Crippen LogP contribution is -2.23. The Morgan fingerprint density at radius 2 is 1.86 bits per heavy atom. The molecule has 7 nitrogen and oxygen atoms in total. The smallest absolute Gasteiger partial charge is 0.260 e. The number of hydrogen-bond donors (Lipinski definition) is 2. The first kappa shape index (κ1) is 17.4. The van der Waals surface area contributed by atoms with Crippen molar-refractivity contribution in [3.63, 3.8) is 0 Å². The van der Waals surface area contributed by atoms with Crippen LogP contribution in [0.2, 0.25) is 0 Å². The van der Waals surface area contributed by atoms with Gasteiger partial charge in [0.15, 0.2) is 5.82 Å². The summed E-state index contributed by atoms with van der Waals surface area (Å²) in [5.74, 6) is 0.519. The van der Waals surface area contributed by atoms with E-state index in [-0.39, 0.29) is 18.2 Å². The fourth-order valence-electron chi connectivity index (χ4n) is 2.84. The Balaban J connectivity index is 1.56. The molecule has 0 aliphatic heterocycles. The molecule has 2 N–H and O–H groups in total. The number of rotatable bonds is 5. The molecule has 28 heavy (non-hydrogen) atoms. The number of nitrogens with zero attached hydrogens (tertiary/aromatic N) is 4. The Morgan fingerprint density at radius 1 is 1.07 bits per heavy atom. The van der Waals surface area contributed by atoms with E-state index < -0.39 is 0 Å². The van der Waals surface area contributed by atoms with Crippen molar-refractivity contribution in [2.45, 2.75) is 6.54 Å². The maximum absolute atomic E-state index is 12.4. The molecule has 0 saturated heterocycles. The van der Waals surface area contributed by atoms with Crippen LogP contribution >= 0.6 is 0 Å². The van der Waals surface area contributed by atoms with Crippen LogP contribution in [0.1, 0.15) is 5.56 Å². The summed E-state index contributed by atoms with van der Waals surface area (Å²) in [6, 6.07) is 19.7. The molecule has 0 aliphatic carbocycles. The van der Waals surface area contributed by atoms with Gasteiger partial charge >= 0.3 is 0 Å². The summed E-state index contributed by atoms with van der Waals surface area (Å²) in [4.78, 5) is 21.4. The molecule has 2 aromatic carbocycles. The molecule has 2 aromatic heterocycles. The summed E-state index contributed by atoms with van der Waals surface area (Å²) < 4.78 is 1.82. The number of pyridine rings is 1. The van der Waals surface area contributed by atoms with E-state index in [1.54, 1.807) is 30.5 Å². The second-order valence-electron chi connectivity index (χ2n) is 6.11. The maximum Gasteiger partial charge on any atom is 0.260 e.